The van der Waals surface area contributed by atoms with E-state index in [-0.39, 0.29) is 29.7 Å². The molecule has 0 saturated carbocycles. The summed E-state index contributed by atoms with van der Waals surface area (Å²) in [5, 5.41) is 2.10. The lowest BCUT2D eigenvalue weighted by molar-refractivity contribution is -0.135. The number of nitrogens with zero attached hydrogens (tertiary/aromatic N) is 2. The van der Waals surface area contributed by atoms with Gasteiger partial charge in [0, 0.05) is 23.2 Å². The number of amides is 4. The Morgan fingerprint density at radius 3 is 2.51 bits per heavy atom. The van der Waals surface area contributed by atoms with Crippen LogP contribution in [-0.4, -0.2) is 66.1 Å². The molecule has 2 saturated heterocycles. The lowest BCUT2D eigenvalue weighted by atomic mass is 10.2. The van der Waals surface area contributed by atoms with E-state index in [1.807, 2.05) is 0 Å². The number of thioether (sulfide) groups is 1. The molecule has 0 unspecified atom stereocenters. The van der Waals surface area contributed by atoms with Gasteiger partial charge >= 0.3 is 0 Å². The molecule has 0 spiro atoms. The van der Waals surface area contributed by atoms with Crippen LogP contribution in [0.4, 0.5) is 14.9 Å². The first-order valence-corrected chi connectivity index (χ1v) is 12.9. The van der Waals surface area contributed by atoms with Crippen molar-refractivity contribution in [1.29, 1.82) is 0 Å². The first-order chi connectivity index (χ1) is 17.7. The molecule has 2 aromatic rings. The average molecular weight is 592 g/mol. The molecule has 1 N–H and O–H groups in total. The monoisotopic (exact) mass is 591 g/mol. The Labute approximate surface area is 225 Å². The number of benzene rings is 2. The lowest BCUT2D eigenvalue weighted by Gasteiger charge is -2.18. The quantitative estimate of drug-likeness (QED) is 0.457. The van der Waals surface area contributed by atoms with Gasteiger partial charge in [-0.25, -0.2) is 4.39 Å². The number of anilines is 1. The Balaban J connectivity index is 1.43. The highest BCUT2D eigenvalue weighted by atomic mass is 79.9. The molecule has 2 fully saturated rings. The molecule has 2 aromatic carbocycles. The summed E-state index contributed by atoms with van der Waals surface area (Å²) in [4.78, 5) is 52.7. The minimum Gasteiger partial charge on any atom is -0.493 e. The second-order valence-corrected chi connectivity index (χ2v) is 10.1. The number of likely N-dealkylation sites (tertiary alicyclic amines) is 1. The molecule has 12 heteroatoms. The molecule has 4 rings (SSSR count). The van der Waals surface area contributed by atoms with Crippen LogP contribution in [0.25, 0.3) is 6.08 Å². The van der Waals surface area contributed by atoms with Gasteiger partial charge < -0.3 is 19.7 Å². The van der Waals surface area contributed by atoms with Gasteiger partial charge in [-0.05, 0) is 72.6 Å². The van der Waals surface area contributed by atoms with E-state index in [1.54, 1.807) is 17.0 Å². The molecule has 0 atom stereocenters. The highest BCUT2D eigenvalue weighted by molar-refractivity contribution is 9.10. The van der Waals surface area contributed by atoms with E-state index in [2.05, 4.69) is 21.2 Å². The molecular weight excluding hydrogens is 569 g/mol. The van der Waals surface area contributed by atoms with E-state index >= 15 is 0 Å². The minimum atomic E-state index is -0.536. The van der Waals surface area contributed by atoms with Crippen molar-refractivity contribution in [3.05, 3.63) is 57.2 Å². The molecule has 0 bridgehead atoms. The van der Waals surface area contributed by atoms with Crippen molar-refractivity contribution in [3.63, 3.8) is 0 Å². The summed E-state index contributed by atoms with van der Waals surface area (Å²) in [7, 11) is 1.43. The Morgan fingerprint density at radius 1 is 1.14 bits per heavy atom. The fraction of sp³-hybridized carbons (Fsp3) is 0.280. The van der Waals surface area contributed by atoms with Crippen LogP contribution in [0.5, 0.6) is 11.5 Å². The highest BCUT2D eigenvalue weighted by Crippen LogP contribution is 2.38. The van der Waals surface area contributed by atoms with E-state index in [4.69, 9.17) is 9.47 Å². The number of hydrogen-bond acceptors (Lipinski definition) is 7. The van der Waals surface area contributed by atoms with Crippen molar-refractivity contribution in [2.75, 3.05) is 38.7 Å². The maximum absolute atomic E-state index is 13.0. The Kier molecular flexibility index (Phi) is 8.49. The molecule has 0 radical (unpaired) electrons. The normalized spacial score (nSPS) is 16.5. The summed E-state index contributed by atoms with van der Waals surface area (Å²) < 4.78 is 24.5. The summed E-state index contributed by atoms with van der Waals surface area (Å²) in [6.45, 7) is 0.669. The van der Waals surface area contributed by atoms with Gasteiger partial charge in [0.05, 0.1) is 12.0 Å². The van der Waals surface area contributed by atoms with Gasteiger partial charge in [-0.1, -0.05) is 15.9 Å². The molecule has 2 aliphatic heterocycles. The zero-order valence-corrected chi connectivity index (χ0v) is 22.2. The number of methoxy groups -OCH3 is 1. The molecule has 194 valence electrons. The van der Waals surface area contributed by atoms with Gasteiger partial charge in [-0.3, -0.25) is 24.1 Å². The molecule has 4 amide bonds. The summed E-state index contributed by atoms with van der Waals surface area (Å²) in [6.07, 6.45) is 3.37. The van der Waals surface area contributed by atoms with E-state index < -0.39 is 22.9 Å². The van der Waals surface area contributed by atoms with Crippen LogP contribution in [0.15, 0.2) is 45.8 Å². The van der Waals surface area contributed by atoms with Gasteiger partial charge in [0.25, 0.3) is 17.1 Å². The highest BCUT2D eigenvalue weighted by Gasteiger charge is 2.37. The fourth-order valence-electron chi connectivity index (χ4n) is 3.79. The predicted molar refractivity (Wildman–Crippen MR) is 140 cm³/mol. The molecular formula is C25H23BrFN3O6S. The first-order valence-electron chi connectivity index (χ1n) is 11.3. The van der Waals surface area contributed by atoms with Gasteiger partial charge in [-0.2, -0.15) is 0 Å². The van der Waals surface area contributed by atoms with Crippen molar-refractivity contribution in [2.45, 2.75) is 12.8 Å². The number of imide groups is 1. The van der Waals surface area contributed by atoms with E-state index in [1.165, 1.54) is 37.5 Å². The summed E-state index contributed by atoms with van der Waals surface area (Å²) >= 11 is 4.19. The third kappa shape index (κ3) is 6.50. The maximum Gasteiger partial charge on any atom is 0.294 e. The van der Waals surface area contributed by atoms with Crippen LogP contribution >= 0.6 is 27.7 Å². The third-order valence-corrected chi connectivity index (χ3v) is 7.28. The van der Waals surface area contributed by atoms with Crippen LogP contribution < -0.4 is 14.8 Å². The Bertz CT molecular complexity index is 1260. The third-order valence-electron chi connectivity index (χ3n) is 5.68. The maximum atomic E-state index is 13.0. The zero-order chi connectivity index (χ0) is 26.5. The molecule has 2 heterocycles. The number of ether oxygens (including phenoxy) is 2. The topological polar surface area (TPSA) is 105 Å². The van der Waals surface area contributed by atoms with Crippen molar-refractivity contribution in [1.82, 2.24) is 9.80 Å². The fourth-order valence-corrected chi connectivity index (χ4v) is 5.05. The Morgan fingerprint density at radius 2 is 1.84 bits per heavy atom. The first kappa shape index (κ1) is 26.7. The molecule has 2 aliphatic rings. The minimum absolute atomic E-state index is 0.175. The largest absolute Gasteiger partial charge is 0.493 e. The summed E-state index contributed by atoms with van der Waals surface area (Å²) in [5.41, 5.74) is 0.964. The van der Waals surface area contributed by atoms with Crippen molar-refractivity contribution < 1.29 is 33.0 Å². The average Bonchev–Trinajstić information content (AvgIpc) is 3.50. The molecule has 0 aromatic heterocycles. The van der Waals surface area contributed by atoms with E-state index in [0.717, 1.165) is 29.5 Å². The number of halogens is 2. The van der Waals surface area contributed by atoms with Crippen molar-refractivity contribution >= 4 is 62.4 Å². The van der Waals surface area contributed by atoms with Crippen LogP contribution in [0.2, 0.25) is 0 Å². The van der Waals surface area contributed by atoms with Crippen LogP contribution in [0, 0.1) is 5.82 Å². The molecule has 0 aliphatic carbocycles. The zero-order valence-electron chi connectivity index (χ0n) is 19.8. The predicted octanol–water partition coefficient (Wildman–Crippen LogP) is 4.27. The number of hydrogen-bond donors (Lipinski definition) is 1. The van der Waals surface area contributed by atoms with Crippen LogP contribution in [-0.2, 0) is 14.4 Å². The number of carbonyl (C=O) groups is 4. The lowest BCUT2D eigenvalue weighted by Crippen LogP contribution is -2.40. The van der Waals surface area contributed by atoms with Gasteiger partial charge in [0.1, 0.15) is 12.4 Å². The standard InChI is InChI=1S/C25H23BrFN3O6S/c1-35-19-10-15(11-21-24(33)30(25(34)37-21)13-23(32)29-8-2-3-9-29)18(26)12-20(19)36-14-22(31)28-17-6-4-16(27)5-7-17/h4-7,10-12H,2-3,8-9,13-14H2,1H3,(H,28,31)/b21-11+. The van der Waals surface area contributed by atoms with E-state index in [9.17, 15) is 23.6 Å². The smallest absolute Gasteiger partial charge is 0.294 e. The molecule has 37 heavy (non-hydrogen) atoms. The van der Waals surface area contributed by atoms with Gasteiger partial charge in [0.2, 0.25) is 5.91 Å². The van der Waals surface area contributed by atoms with Crippen LogP contribution in [0.3, 0.4) is 0 Å². The van der Waals surface area contributed by atoms with Crippen LogP contribution in [0.1, 0.15) is 18.4 Å². The second-order valence-electron chi connectivity index (χ2n) is 8.22. The van der Waals surface area contributed by atoms with Crippen molar-refractivity contribution in [2.24, 2.45) is 0 Å². The van der Waals surface area contributed by atoms with Gasteiger partial charge in [0.15, 0.2) is 18.1 Å². The number of rotatable bonds is 8. The summed E-state index contributed by atoms with van der Waals surface area (Å²) in [5.74, 6) is -1.08. The summed E-state index contributed by atoms with van der Waals surface area (Å²) in [6, 6.07) is 8.51. The Hall–Kier alpha value is -3.38. The molecule has 9 nitrogen and oxygen atoms in total. The second kappa shape index (κ2) is 11.8. The number of nitrogens with one attached hydrogen (secondary N) is 1. The number of carbonyl (C=O) groups excluding carboxylic acids is 4. The van der Waals surface area contributed by atoms with Gasteiger partial charge in [-0.15, -0.1) is 0 Å². The van der Waals surface area contributed by atoms with E-state index in [0.29, 0.717) is 34.6 Å². The van der Waals surface area contributed by atoms with Crippen molar-refractivity contribution in [3.8, 4) is 11.5 Å². The SMILES string of the molecule is COc1cc(/C=C2/SC(=O)N(CC(=O)N3CCCC3)C2=O)c(Br)cc1OCC(=O)Nc1ccc(F)cc1.